The minimum atomic E-state index is -2.94. The summed E-state index contributed by atoms with van der Waals surface area (Å²) in [6, 6.07) is 8.79. The van der Waals surface area contributed by atoms with Gasteiger partial charge in [-0.3, -0.25) is 9.89 Å². The van der Waals surface area contributed by atoms with Gasteiger partial charge in [-0.15, -0.1) is 24.0 Å². The van der Waals surface area contributed by atoms with Crippen LogP contribution in [0, 0.1) is 0 Å². The molecule has 0 saturated heterocycles. The molecule has 0 fully saturated rings. The maximum atomic E-state index is 12.9. The molecule has 2 rings (SSSR count). The van der Waals surface area contributed by atoms with Crippen LogP contribution in [0.15, 0.2) is 46.0 Å². The van der Waals surface area contributed by atoms with Crippen LogP contribution < -0.4 is 20.1 Å². The zero-order valence-corrected chi connectivity index (χ0v) is 19.9. The molecule has 168 valence electrons. The Morgan fingerprint density at radius 3 is 2.53 bits per heavy atom. The molecule has 0 radical (unpaired) electrons. The summed E-state index contributed by atoms with van der Waals surface area (Å²) in [6.45, 7) is -0.0428. The van der Waals surface area contributed by atoms with Gasteiger partial charge in [0, 0.05) is 25.7 Å². The number of likely N-dealkylation sites (N-methyl/N-ethyl adjacent to an activating group) is 1. The van der Waals surface area contributed by atoms with E-state index in [1.165, 1.54) is 0 Å². The van der Waals surface area contributed by atoms with Gasteiger partial charge < -0.3 is 24.5 Å². The average molecular weight is 538 g/mol. The molecular weight excluding hydrogens is 509 g/mol. The summed E-state index contributed by atoms with van der Waals surface area (Å²) < 4.78 is 41.3. The Labute approximate surface area is 192 Å². The molecule has 0 aliphatic carbocycles. The molecule has 30 heavy (non-hydrogen) atoms. The molecule has 0 amide bonds. The predicted molar refractivity (Wildman–Crippen MR) is 123 cm³/mol. The van der Waals surface area contributed by atoms with Crippen LogP contribution in [-0.2, 0) is 6.54 Å². The van der Waals surface area contributed by atoms with E-state index in [9.17, 15) is 8.78 Å². The predicted octanol–water partition coefficient (Wildman–Crippen LogP) is 3.87. The number of halogens is 3. The fourth-order valence-electron chi connectivity index (χ4n) is 2.80. The van der Waals surface area contributed by atoms with Gasteiger partial charge in [-0.2, -0.15) is 8.78 Å². The number of aliphatic imine (C=N–C) groups is 1. The normalized spacial score (nSPS) is 12.5. The zero-order valence-electron chi connectivity index (χ0n) is 17.5. The molecule has 1 atom stereocenters. The largest absolute Gasteiger partial charge is 0.490 e. The summed E-state index contributed by atoms with van der Waals surface area (Å²) in [5.41, 5.74) is 0.536. The second kappa shape index (κ2) is 13.3. The number of nitrogens with zero attached hydrogens (tertiary/aromatic N) is 2. The van der Waals surface area contributed by atoms with E-state index in [1.54, 1.807) is 38.4 Å². The van der Waals surface area contributed by atoms with Crippen molar-refractivity contribution in [2.75, 3.05) is 34.3 Å². The number of hydrogen-bond acceptors (Lipinski definition) is 5. The smallest absolute Gasteiger partial charge is 0.387 e. The highest BCUT2D eigenvalue weighted by Crippen LogP contribution is 2.32. The quantitative estimate of drug-likeness (QED) is 0.272. The fraction of sp³-hybridized carbons (Fsp3) is 0.450. The third kappa shape index (κ3) is 7.63. The Morgan fingerprint density at radius 2 is 1.97 bits per heavy atom. The van der Waals surface area contributed by atoms with E-state index in [0.29, 0.717) is 24.7 Å². The van der Waals surface area contributed by atoms with Gasteiger partial charge in [0.05, 0.1) is 18.9 Å². The molecule has 2 N–H and O–H groups in total. The number of ether oxygens (including phenoxy) is 2. The molecule has 0 aliphatic heterocycles. The zero-order chi connectivity index (χ0) is 21.2. The SMILES string of the molecule is CCOc1cccc(CNC(=NC)NCC(c2ccco2)N(C)C)c1OC(F)F.I. The van der Waals surface area contributed by atoms with Gasteiger partial charge in [-0.1, -0.05) is 12.1 Å². The lowest BCUT2D eigenvalue weighted by Gasteiger charge is -2.24. The molecule has 10 heteroatoms. The maximum absolute atomic E-state index is 12.9. The van der Waals surface area contributed by atoms with E-state index in [2.05, 4.69) is 15.6 Å². The van der Waals surface area contributed by atoms with Crippen LogP contribution in [0.5, 0.6) is 11.5 Å². The number of hydrogen-bond donors (Lipinski definition) is 2. The van der Waals surface area contributed by atoms with Crippen LogP contribution in [0.3, 0.4) is 0 Å². The Balaban J connectivity index is 0.00000450. The number of benzene rings is 1. The second-order valence-corrected chi connectivity index (χ2v) is 6.36. The van der Waals surface area contributed by atoms with E-state index >= 15 is 0 Å². The molecule has 0 spiro atoms. The first-order valence-corrected chi connectivity index (χ1v) is 9.30. The first-order chi connectivity index (χ1) is 14.0. The van der Waals surface area contributed by atoms with E-state index in [4.69, 9.17) is 13.9 Å². The number of para-hydroxylation sites is 1. The summed E-state index contributed by atoms with van der Waals surface area (Å²) in [7, 11) is 5.55. The molecule has 0 bridgehead atoms. The lowest BCUT2D eigenvalue weighted by Crippen LogP contribution is -2.41. The topological polar surface area (TPSA) is 71.3 Å². The molecule has 1 aromatic heterocycles. The minimum Gasteiger partial charge on any atom is -0.490 e. The summed E-state index contributed by atoms with van der Waals surface area (Å²) in [6.07, 6.45) is 1.63. The summed E-state index contributed by atoms with van der Waals surface area (Å²) in [5, 5.41) is 6.34. The van der Waals surface area contributed by atoms with Gasteiger partial charge in [0.15, 0.2) is 17.5 Å². The molecule has 0 saturated carbocycles. The number of guanidine groups is 1. The van der Waals surface area contributed by atoms with E-state index < -0.39 is 6.61 Å². The van der Waals surface area contributed by atoms with Crippen molar-refractivity contribution in [2.24, 2.45) is 4.99 Å². The third-order valence-electron chi connectivity index (χ3n) is 4.19. The monoisotopic (exact) mass is 538 g/mol. The van der Waals surface area contributed by atoms with Gasteiger partial charge in [0.2, 0.25) is 0 Å². The summed E-state index contributed by atoms with van der Waals surface area (Å²) in [5.74, 6) is 1.65. The van der Waals surface area contributed by atoms with Gasteiger partial charge in [-0.05, 0) is 39.2 Å². The van der Waals surface area contributed by atoms with Crippen molar-refractivity contribution >= 4 is 29.9 Å². The maximum Gasteiger partial charge on any atom is 0.387 e. The Kier molecular flexibility index (Phi) is 11.5. The average Bonchev–Trinajstić information content (AvgIpc) is 3.20. The van der Waals surface area contributed by atoms with Crippen molar-refractivity contribution in [3.63, 3.8) is 0 Å². The van der Waals surface area contributed by atoms with Crippen LogP contribution in [-0.4, -0.2) is 51.8 Å². The van der Waals surface area contributed by atoms with E-state index in [-0.39, 0.29) is 48.1 Å². The van der Waals surface area contributed by atoms with Crippen LogP contribution >= 0.6 is 24.0 Å². The van der Waals surface area contributed by atoms with Crippen LogP contribution in [0.25, 0.3) is 0 Å². The first kappa shape index (κ1) is 26.0. The highest BCUT2D eigenvalue weighted by Gasteiger charge is 2.18. The van der Waals surface area contributed by atoms with Crippen LogP contribution in [0.4, 0.5) is 8.78 Å². The van der Waals surface area contributed by atoms with Crippen molar-refractivity contribution in [1.29, 1.82) is 0 Å². The third-order valence-corrected chi connectivity index (χ3v) is 4.19. The minimum absolute atomic E-state index is 0. The van der Waals surface area contributed by atoms with Crippen molar-refractivity contribution < 1.29 is 22.7 Å². The van der Waals surface area contributed by atoms with E-state index in [0.717, 1.165) is 5.76 Å². The number of nitrogens with one attached hydrogen (secondary N) is 2. The molecular formula is C20H29F2IN4O3. The summed E-state index contributed by atoms with van der Waals surface area (Å²) in [4.78, 5) is 6.22. The van der Waals surface area contributed by atoms with Gasteiger partial charge in [0.1, 0.15) is 5.76 Å². The molecule has 1 heterocycles. The fourth-order valence-corrected chi connectivity index (χ4v) is 2.80. The van der Waals surface area contributed by atoms with Crippen LogP contribution in [0.1, 0.15) is 24.3 Å². The highest BCUT2D eigenvalue weighted by atomic mass is 127. The first-order valence-electron chi connectivity index (χ1n) is 9.30. The second-order valence-electron chi connectivity index (χ2n) is 6.36. The molecule has 2 aromatic rings. The lowest BCUT2D eigenvalue weighted by atomic mass is 10.2. The Hall–Kier alpha value is -2.08. The van der Waals surface area contributed by atoms with E-state index in [1.807, 2.05) is 31.1 Å². The standard InChI is InChI=1S/C20H28F2N4O3.HI/c1-5-27-17-9-6-8-14(18(17)29-19(21)22)12-24-20(23-2)25-13-15(26(3)4)16-10-7-11-28-16;/h6-11,15,19H,5,12-13H2,1-4H3,(H2,23,24,25);1H. The van der Waals surface area contributed by atoms with Gasteiger partial charge >= 0.3 is 6.61 Å². The number of alkyl halides is 2. The Morgan fingerprint density at radius 1 is 1.20 bits per heavy atom. The molecule has 1 unspecified atom stereocenters. The van der Waals surface area contributed by atoms with Gasteiger partial charge in [-0.25, -0.2) is 0 Å². The Bertz CT molecular complexity index is 773. The van der Waals surface area contributed by atoms with Crippen molar-refractivity contribution in [3.8, 4) is 11.5 Å². The number of furan rings is 1. The summed E-state index contributed by atoms with van der Waals surface area (Å²) >= 11 is 0. The lowest BCUT2D eigenvalue weighted by molar-refractivity contribution is -0.0520. The van der Waals surface area contributed by atoms with Crippen molar-refractivity contribution in [2.45, 2.75) is 26.1 Å². The molecule has 7 nitrogen and oxygen atoms in total. The molecule has 1 aromatic carbocycles. The van der Waals surface area contributed by atoms with Gasteiger partial charge in [0.25, 0.3) is 0 Å². The van der Waals surface area contributed by atoms with Crippen molar-refractivity contribution in [1.82, 2.24) is 15.5 Å². The van der Waals surface area contributed by atoms with Crippen LogP contribution in [0.2, 0.25) is 0 Å². The highest BCUT2D eigenvalue weighted by molar-refractivity contribution is 14.0. The van der Waals surface area contributed by atoms with Crippen molar-refractivity contribution in [3.05, 3.63) is 47.9 Å². The molecule has 0 aliphatic rings. The number of rotatable bonds is 10.